The van der Waals surface area contributed by atoms with Crippen LogP contribution in [0.15, 0.2) is 0 Å². The quantitative estimate of drug-likeness (QED) is 0.180. The zero-order valence-corrected chi connectivity index (χ0v) is 17.8. The summed E-state index contributed by atoms with van der Waals surface area (Å²) in [6, 6.07) is 0. The van der Waals surface area contributed by atoms with Crippen molar-refractivity contribution in [1.29, 1.82) is 0 Å². The van der Waals surface area contributed by atoms with Crippen molar-refractivity contribution in [1.82, 2.24) is 0 Å². The monoisotopic (exact) mass is 417 g/mol. The lowest BCUT2D eigenvalue weighted by Gasteiger charge is -2.34. The molecule has 0 aliphatic carbocycles. The second-order valence-electron chi connectivity index (χ2n) is 7.67. The van der Waals surface area contributed by atoms with E-state index in [1.165, 1.54) is 108 Å². The number of nitrogens with zero attached hydrogens (tertiary/aromatic N) is 1. The van der Waals surface area contributed by atoms with Gasteiger partial charge in [-0.2, -0.15) is 13.2 Å². The Hall–Kier alpha value is -0.340. The smallest absolute Gasteiger partial charge is 0.485 e. The molecule has 1 fully saturated rings. The van der Waals surface area contributed by atoms with E-state index in [2.05, 4.69) is 13.8 Å². The van der Waals surface area contributed by atoms with E-state index in [1.807, 2.05) is 0 Å². The average Bonchev–Trinajstić information content (AvgIpc) is 3.03. The first kappa shape index (κ1) is 26.7. The summed E-state index contributed by atoms with van der Waals surface area (Å²) >= 11 is 0. The van der Waals surface area contributed by atoms with Gasteiger partial charge in [-0.25, -0.2) is 8.42 Å². The third-order valence-electron chi connectivity index (χ3n) is 5.27. The van der Waals surface area contributed by atoms with E-state index in [0.717, 1.165) is 0 Å². The molecular formula is C19H38F3NO3S. The summed E-state index contributed by atoms with van der Waals surface area (Å²) in [6.45, 7) is 10.6. The van der Waals surface area contributed by atoms with E-state index >= 15 is 0 Å². The molecule has 1 aliphatic heterocycles. The molecule has 0 amide bonds. The Morgan fingerprint density at radius 2 is 1.11 bits per heavy atom. The van der Waals surface area contributed by atoms with Crippen LogP contribution in [0.2, 0.25) is 0 Å². The van der Waals surface area contributed by atoms with Gasteiger partial charge in [0.2, 0.25) is 0 Å². The molecule has 164 valence electrons. The summed E-state index contributed by atoms with van der Waals surface area (Å²) in [5.41, 5.74) is -5.65. The van der Waals surface area contributed by atoms with Crippen LogP contribution in [-0.2, 0) is 10.1 Å². The van der Waals surface area contributed by atoms with Crippen LogP contribution in [0.25, 0.3) is 0 Å². The van der Waals surface area contributed by atoms with Gasteiger partial charge in [-0.05, 0) is 25.7 Å². The third-order valence-corrected chi connectivity index (χ3v) is 5.84. The van der Waals surface area contributed by atoms with Gasteiger partial charge in [-0.1, -0.05) is 52.4 Å². The fourth-order valence-corrected chi connectivity index (χ4v) is 3.67. The van der Waals surface area contributed by atoms with Crippen molar-refractivity contribution >= 4 is 10.1 Å². The number of hydrogen-bond donors (Lipinski definition) is 0. The highest BCUT2D eigenvalue weighted by Crippen LogP contribution is 2.23. The van der Waals surface area contributed by atoms with E-state index in [1.54, 1.807) is 0 Å². The first-order valence-corrected chi connectivity index (χ1v) is 11.9. The lowest BCUT2D eigenvalue weighted by Crippen LogP contribution is -2.46. The summed E-state index contributed by atoms with van der Waals surface area (Å²) in [5.74, 6) is 0. The van der Waals surface area contributed by atoms with Crippen molar-refractivity contribution in [2.45, 2.75) is 96.4 Å². The molecule has 8 heteroatoms. The Morgan fingerprint density at radius 1 is 0.778 bits per heavy atom. The van der Waals surface area contributed by atoms with Crippen molar-refractivity contribution < 1.29 is 30.6 Å². The zero-order chi connectivity index (χ0) is 20.8. The maximum Gasteiger partial charge on any atom is 0.485 e. The molecule has 0 aromatic carbocycles. The van der Waals surface area contributed by atoms with Crippen LogP contribution in [-0.4, -0.2) is 49.1 Å². The lowest BCUT2D eigenvalue weighted by atomic mass is 10.1. The fraction of sp³-hybridized carbons (Fsp3) is 1.00. The minimum absolute atomic E-state index is 1.37. The largest absolute Gasteiger partial charge is 0.741 e. The lowest BCUT2D eigenvalue weighted by molar-refractivity contribution is -0.917. The maximum absolute atomic E-state index is 10.7. The molecule has 0 spiro atoms. The Balaban J connectivity index is 0.000000713. The molecule has 4 nitrogen and oxygen atoms in total. The Bertz CT molecular complexity index is 461. The van der Waals surface area contributed by atoms with Gasteiger partial charge in [0.05, 0.1) is 26.2 Å². The first-order chi connectivity index (χ1) is 12.6. The summed E-state index contributed by atoms with van der Waals surface area (Å²) in [6.07, 6.45) is 17.5. The molecule has 1 heterocycles. The Labute approximate surface area is 163 Å². The second-order valence-corrected chi connectivity index (χ2v) is 9.04. The molecule has 27 heavy (non-hydrogen) atoms. The normalized spacial score (nSPS) is 16.8. The predicted octanol–water partition coefficient (Wildman–Crippen LogP) is 5.59. The highest BCUT2D eigenvalue weighted by molar-refractivity contribution is 7.86. The molecule has 0 atom stereocenters. The van der Waals surface area contributed by atoms with Gasteiger partial charge in [0.1, 0.15) is 0 Å². The van der Waals surface area contributed by atoms with Gasteiger partial charge in [0.25, 0.3) is 0 Å². The number of rotatable bonds is 12. The van der Waals surface area contributed by atoms with Crippen LogP contribution in [0.1, 0.15) is 90.9 Å². The van der Waals surface area contributed by atoms with Crippen LogP contribution < -0.4 is 0 Å². The molecule has 0 unspecified atom stereocenters. The van der Waals surface area contributed by atoms with Gasteiger partial charge < -0.3 is 9.04 Å². The van der Waals surface area contributed by atoms with Crippen LogP contribution in [0.5, 0.6) is 0 Å². The molecule has 0 aromatic heterocycles. The highest BCUT2D eigenvalue weighted by atomic mass is 32.2. The predicted molar refractivity (Wildman–Crippen MR) is 102 cm³/mol. The van der Waals surface area contributed by atoms with E-state index in [-0.39, 0.29) is 0 Å². The van der Waals surface area contributed by atoms with Crippen LogP contribution in [0.4, 0.5) is 13.2 Å². The number of likely N-dealkylation sites (tertiary alicyclic amines) is 1. The number of alkyl halides is 3. The highest BCUT2D eigenvalue weighted by Gasteiger charge is 2.37. The van der Waals surface area contributed by atoms with E-state index in [4.69, 9.17) is 13.0 Å². The third kappa shape index (κ3) is 12.7. The molecule has 1 saturated heterocycles. The average molecular weight is 418 g/mol. The van der Waals surface area contributed by atoms with Crippen molar-refractivity contribution in [3.05, 3.63) is 0 Å². The van der Waals surface area contributed by atoms with Gasteiger partial charge in [0.15, 0.2) is 10.1 Å². The summed E-state index contributed by atoms with van der Waals surface area (Å²) < 4.78 is 60.4. The second kappa shape index (κ2) is 13.8. The Morgan fingerprint density at radius 3 is 1.48 bits per heavy atom. The topological polar surface area (TPSA) is 57.2 Å². The number of quaternary nitrogens is 1. The van der Waals surface area contributed by atoms with Gasteiger partial charge >= 0.3 is 5.51 Å². The van der Waals surface area contributed by atoms with E-state index < -0.39 is 15.6 Å². The van der Waals surface area contributed by atoms with Crippen LogP contribution >= 0.6 is 0 Å². The first-order valence-electron chi connectivity index (χ1n) is 10.5. The number of unbranched alkanes of at least 4 members (excludes halogenated alkanes) is 8. The van der Waals surface area contributed by atoms with Crippen molar-refractivity contribution in [3.63, 3.8) is 0 Å². The molecule has 0 saturated carbocycles. The number of hydrogen-bond acceptors (Lipinski definition) is 3. The maximum atomic E-state index is 10.7. The standard InChI is InChI=1S/C18H38N.CHF3O3S/c1-3-5-7-9-10-12-16-19(17-13-14-18-19)15-11-8-6-4-2;2-1(3,4)8(5,6)7/h3-18H2,1-2H3;(H,5,6,7)/q+1;/p-1. The van der Waals surface area contributed by atoms with Gasteiger partial charge in [-0.3, -0.25) is 0 Å². The van der Waals surface area contributed by atoms with Crippen LogP contribution in [0.3, 0.4) is 0 Å². The summed E-state index contributed by atoms with van der Waals surface area (Å²) in [4.78, 5) is 0. The summed E-state index contributed by atoms with van der Waals surface area (Å²) in [7, 11) is -6.09. The van der Waals surface area contributed by atoms with E-state index in [0.29, 0.717) is 0 Å². The van der Waals surface area contributed by atoms with Crippen molar-refractivity contribution in [2.75, 3.05) is 26.2 Å². The molecule has 0 aromatic rings. The molecular weight excluding hydrogens is 379 g/mol. The molecule has 1 rings (SSSR count). The van der Waals surface area contributed by atoms with Gasteiger partial charge in [-0.15, -0.1) is 0 Å². The summed E-state index contributed by atoms with van der Waals surface area (Å²) in [5, 5.41) is 0. The molecule has 0 radical (unpaired) electrons. The Kier molecular flexibility index (Phi) is 13.6. The number of halogens is 3. The minimum atomic E-state index is -6.09. The molecule has 1 aliphatic rings. The zero-order valence-electron chi connectivity index (χ0n) is 17.0. The van der Waals surface area contributed by atoms with Crippen molar-refractivity contribution in [3.8, 4) is 0 Å². The molecule has 0 N–H and O–H groups in total. The van der Waals surface area contributed by atoms with Crippen LogP contribution in [0, 0.1) is 0 Å². The van der Waals surface area contributed by atoms with E-state index in [9.17, 15) is 13.2 Å². The molecule has 0 bridgehead atoms. The van der Waals surface area contributed by atoms with Crippen molar-refractivity contribution in [2.24, 2.45) is 0 Å². The fourth-order valence-electron chi connectivity index (χ4n) is 3.67. The van der Waals surface area contributed by atoms with Gasteiger partial charge in [0, 0.05) is 12.8 Å². The SMILES string of the molecule is CCCCCCCC[N+]1(CCCCCC)CCCC1.O=S(=O)([O-])C(F)(F)F. The minimum Gasteiger partial charge on any atom is -0.741 e.